The molecule has 1 atom stereocenters. The molecule has 0 radical (unpaired) electrons. The van der Waals surface area contributed by atoms with E-state index in [1.165, 1.54) is 82.5 Å². The van der Waals surface area contributed by atoms with Crippen LogP contribution < -0.4 is 10.4 Å². The van der Waals surface area contributed by atoms with Gasteiger partial charge in [-0.15, -0.1) is 0 Å². The number of fused-ring (bicyclic) bond motifs is 5. The van der Waals surface area contributed by atoms with Crippen LogP contribution in [0.4, 0.5) is 0 Å². The lowest BCUT2D eigenvalue weighted by Gasteiger charge is -2.31. The van der Waals surface area contributed by atoms with Crippen LogP contribution in [0, 0.1) is 5.92 Å². The number of para-hydroxylation sites is 1. The number of nitrogens with zero attached hydrogens (tertiary/aromatic N) is 1. The Hall–Kier alpha value is -5.66. The summed E-state index contributed by atoms with van der Waals surface area (Å²) in [7, 11) is 0. The molecule has 0 aliphatic heterocycles. The first-order valence-electron chi connectivity index (χ1n) is 17.5. The molecule has 0 spiro atoms. The SMILES string of the molecule is CC(C)(C)c1ccc2c(c1)c1cc(-c3ccc4c(c3)=C(c3ccccc3)C3CC=CC=C3C=4c3ccccc3)ccc1n2-c1ccccc1. The second kappa shape index (κ2) is 11.5. The van der Waals surface area contributed by atoms with Crippen molar-refractivity contribution in [2.45, 2.75) is 32.6 Å². The Bertz CT molecular complexity index is 2570. The molecule has 0 N–H and O–H groups in total. The Morgan fingerprint density at radius 1 is 0.551 bits per heavy atom. The standard InChI is InChI=1S/C48H39N/c1-48(2,3)36-25-28-45-42(31-36)41-29-35(24-27-44(41)49(45)37-19-11-6-12-20-37)34-23-26-40-43(30-34)47(33-17-9-5-10-18-33)39-22-14-13-21-38(39)46(40)32-15-7-4-8-16-32/h4-21,23-31,39H,22H2,1-3H3. The Balaban J connectivity index is 1.34. The summed E-state index contributed by atoms with van der Waals surface area (Å²) in [5.41, 5.74) is 14.3. The van der Waals surface area contributed by atoms with Gasteiger partial charge < -0.3 is 4.57 Å². The lowest BCUT2D eigenvalue weighted by Crippen LogP contribution is -2.38. The molecular formula is C48H39N. The van der Waals surface area contributed by atoms with E-state index in [2.05, 4.69) is 189 Å². The second-order valence-electron chi connectivity index (χ2n) is 14.5. The van der Waals surface area contributed by atoms with Crippen LogP contribution in [0.25, 0.3) is 49.8 Å². The van der Waals surface area contributed by atoms with Crippen molar-refractivity contribution < 1.29 is 0 Å². The summed E-state index contributed by atoms with van der Waals surface area (Å²) in [6.45, 7) is 6.90. The normalized spacial score (nSPS) is 15.7. The zero-order valence-electron chi connectivity index (χ0n) is 28.3. The molecule has 0 saturated heterocycles. The van der Waals surface area contributed by atoms with Crippen molar-refractivity contribution in [1.82, 2.24) is 4.57 Å². The average molecular weight is 630 g/mol. The summed E-state index contributed by atoms with van der Waals surface area (Å²) >= 11 is 0. The first-order chi connectivity index (χ1) is 24.0. The van der Waals surface area contributed by atoms with Crippen LogP contribution in [-0.4, -0.2) is 4.57 Å². The number of aromatic nitrogens is 1. The molecule has 0 fully saturated rings. The summed E-state index contributed by atoms with van der Waals surface area (Å²) < 4.78 is 2.42. The number of hydrogen-bond donors (Lipinski definition) is 0. The van der Waals surface area contributed by atoms with E-state index in [4.69, 9.17) is 0 Å². The highest BCUT2D eigenvalue weighted by atomic mass is 15.0. The van der Waals surface area contributed by atoms with E-state index in [0.717, 1.165) is 6.42 Å². The van der Waals surface area contributed by atoms with Gasteiger partial charge in [-0.3, -0.25) is 0 Å². The summed E-state index contributed by atoms with van der Waals surface area (Å²) in [5, 5.41) is 5.22. The van der Waals surface area contributed by atoms with Gasteiger partial charge >= 0.3 is 0 Å². The maximum atomic E-state index is 2.47. The van der Waals surface area contributed by atoms with Gasteiger partial charge in [0.05, 0.1) is 11.0 Å². The highest BCUT2D eigenvalue weighted by Gasteiger charge is 2.29. The fourth-order valence-electron chi connectivity index (χ4n) is 8.09. The monoisotopic (exact) mass is 629 g/mol. The van der Waals surface area contributed by atoms with Crippen molar-refractivity contribution in [2.24, 2.45) is 5.92 Å². The van der Waals surface area contributed by atoms with Crippen LogP contribution in [0.5, 0.6) is 0 Å². The van der Waals surface area contributed by atoms with Crippen LogP contribution in [0.1, 0.15) is 43.9 Å². The first kappa shape index (κ1) is 29.5. The van der Waals surface area contributed by atoms with E-state index in [-0.39, 0.29) is 5.41 Å². The summed E-state index contributed by atoms with van der Waals surface area (Å²) in [6, 6.07) is 54.0. The van der Waals surface area contributed by atoms with Gasteiger partial charge in [0, 0.05) is 22.4 Å². The van der Waals surface area contributed by atoms with Gasteiger partial charge in [-0.05, 0) is 109 Å². The molecule has 49 heavy (non-hydrogen) atoms. The van der Waals surface area contributed by atoms with Gasteiger partial charge in [0.1, 0.15) is 0 Å². The molecule has 9 rings (SSSR count). The average Bonchev–Trinajstić information content (AvgIpc) is 3.47. The molecule has 1 unspecified atom stereocenters. The largest absolute Gasteiger partial charge is 0.309 e. The molecule has 0 saturated carbocycles. The van der Waals surface area contributed by atoms with Gasteiger partial charge in [0.15, 0.2) is 0 Å². The van der Waals surface area contributed by atoms with Crippen molar-refractivity contribution >= 4 is 33.0 Å². The minimum absolute atomic E-state index is 0.0592. The third-order valence-corrected chi connectivity index (χ3v) is 10.5. The summed E-state index contributed by atoms with van der Waals surface area (Å²) in [5.74, 6) is 0.299. The lowest BCUT2D eigenvalue weighted by molar-refractivity contribution is 0.591. The van der Waals surface area contributed by atoms with E-state index in [1.54, 1.807) is 0 Å². The minimum Gasteiger partial charge on any atom is -0.309 e. The van der Waals surface area contributed by atoms with Crippen molar-refractivity contribution in [3.63, 3.8) is 0 Å². The maximum Gasteiger partial charge on any atom is 0.0541 e. The second-order valence-corrected chi connectivity index (χ2v) is 14.5. The first-order valence-corrected chi connectivity index (χ1v) is 17.5. The van der Waals surface area contributed by atoms with E-state index in [1.807, 2.05) is 0 Å². The number of rotatable bonds is 4. The fraction of sp³-hybridized carbons (Fsp3) is 0.125. The fourth-order valence-corrected chi connectivity index (χ4v) is 8.09. The number of allylic oxidation sites excluding steroid dienone is 4. The third-order valence-electron chi connectivity index (χ3n) is 10.5. The molecule has 2 aliphatic carbocycles. The number of benzene rings is 6. The molecular weight excluding hydrogens is 591 g/mol. The van der Waals surface area contributed by atoms with Crippen molar-refractivity contribution in [1.29, 1.82) is 0 Å². The molecule has 0 bridgehead atoms. The van der Waals surface area contributed by atoms with Gasteiger partial charge in [-0.1, -0.05) is 142 Å². The summed E-state index contributed by atoms with van der Waals surface area (Å²) in [6.07, 6.45) is 7.91. The molecule has 236 valence electrons. The molecule has 1 heterocycles. The van der Waals surface area contributed by atoms with Gasteiger partial charge in [0.25, 0.3) is 0 Å². The minimum atomic E-state index is 0.0592. The Labute approximate surface area is 288 Å². The molecule has 0 amide bonds. The maximum absolute atomic E-state index is 2.47. The van der Waals surface area contributed by atoms with Crippen molar-refractivity contribution in [3.8, 4) is 16.8 Å². The highest BCUT2D eigenvalue weighted by Crippen LogP contribution is 2.41. The predicted molar refractivity (Wildman–Crippen MR) is 207 cm³/mol. The van der Waals surface area contributed by atoms with Crippen LogP contribution in [0.3, 0.4) is 0 Å². The lowest BCUT2D eigenvalue weighted by atomic mass is 9.72. The molecule has 6 aromatic carbocycles. The van der Waals surface area contributed by atoms with Crippen LogP contribution in [0.2, 0.25) is 0 Å². The zero-order chi connectivity index (χ0) is 33.1. The molecule has 1 nitrogen and oxygen atoms in total. The van der Waals surface area contributed by atoms with E-state index in [9.17, 15) is 0 Å². The van der Waals surface area contributed by atoms with Crippen molar-refractivity contribution in [3.05, 3.63) is 197 Å². The van der Waals surface area contributed by atoms with Gasteiger partial charge in [-0.2, -0.15) is 0 Å². The third kappa shape index (κ3) is 4.92. The zero-order valence-corrected chi connectivity index (χ0v) is 28.3. The van der Waals surface area contributed by atoms with Crippen LogP contribution in [-0.2, 0) is 5.41 Å². The van der Waals surface area contributed by atoms with E-state index >= 15 is 0 Å². The van der Waals surface area contributed by atoms with Gasteiger partial charge in [-0.25, -0.2) is 0 Å². The number of hydrogen-bond acceptors (Lipinski definition) is 0. The Morgan fingerprint density at radius 3 is 1.88 bits per heavy atom. The van der Waals surface area contributed by atoms with Gasteiger partial charge in [0.2, 0.25) is 0 Å². The quantitative estimate of drug-likeness (QED) is 0.183. The molecule has 2 aliphatic rings. The van der Waals surface area contributed by atoms with Crippen LogP contribution in [0.15, 0.2) is 169 Å². The molecule has 1 aromatic heterocycles. The van der Waals surface area contributed by atoms with Crippen LogP contribution >= 0.6 is 0 Å². The van der Waals surface area contributed by atoms with E-state index < -0.39 is 0 Å². The Morgan fingerprint density at radius 2 is 1.16 bits per heavy atom. The predicted octanol–water partition coefficient (Wildman–Crippen LogP) is 10.7. The summed E-state index contributed by atoms with van der Waals surface area (Å²) in [4.78, 5) is 0. The molecule has 7 aromatic rings. The smallest absolute Gasteiger partial charge is 0.0541 e. The Kier molecular flexibility index (Phi) is 6.91. The highest BCUT2D eigenvalue weighted by molar-refractivity contribution is 6.10. The topological polar surface area (TPSA) is 4.93 Å². The van der Waals surface area contributed by atoms with E-state index in [0.29, 0.717) is 5.92 Å². The molecule has 1 heteroatoms. The van der Waals surface area contributed by atoms with Crippen molar-refractivity contribution in [2.75, 3.05) is 0 Å².